The molecule has 2 heterocycles. The second-order valence-corrected chi connectivity index (χ2v) is 4.41. The van der Waals surface area contributed by atoms with Gasteiger partial charge in [-0.1, -0.05) is 23.4 Å². The third-order valence-corrected chi connectivity index (χ3v) is 2.96. The largest absolute Gasteiger partial charge is 0.331 e. The first-order valence-electron chi connectivity index (χ1n) is 6.22. The summed E-state index contributed by atoms with van der Waals surface area (Å²) in [5.41, 5.74) is 2.49. The van der Waals surface area contributed by atoms with E-state index in [1.165, 1.54) is 6.92 Å². The predicted octanol–water partition coefficient (Wildman–Crippen LogP) is 1.51. The number of hydrogen-bond acceptors (Lipinski definition) is 4. The van der Waals surface area contributed by atoms with E-state index in [1.807, 2.05) is 36.4 Å². The maximum absolute atomic E-state index is 11.5. The molecule has 6 heteroatoms. The maximum atomic E-state index is 11.5. The van der Waals surface area contributed by atoms with Crippen molar-refractivity contribution in [3.8, 4) is 0 Å². The highest BCUT2D eigenvalue weighted by Crippen LogP contribution is 2.19. The molecule has 0 radical (unpaired) electrons. The lowest BCUT2D eigenvalue weighted by Gasteiger charge is -2.18. The van der Waals surface area contributed by atoms with Crippen LogP contribution in [0.15, 0.2) is 48.8 Å². The van der Waals surface area contributed by atoms with Gasteiger partial charge in [0, 0.05) is 24.9 Å². The molecule has 0 aliphatic rings. The molecule has 1 atom stereocenters. The quantitative estimate of drug-likeness (QED) is 0.780. The van der Waals surface area contributed by atoms with Gasteiger partial charge in [0.15, 0.2) is 6.17 Å². The van der Waals surface area contributed by atoms with Crippen LogP contribution >= 0.6 is 0 Å². The number of amides is 1. The van der Waals surface area contributed by atoms with Crippen molar-refractivity contribution in [2.24, 2.45) is 0 Å². The minimum absolute atomic E-state index is 0.140. The summed E-state index contributed by atoms with van der Waals surface area (Å²) in [6, 6.07) is 11.3. The van der Waals surface area contributed by atoms with Gasteiger partial charge >= 0.3 is 0 Å². The molecule has 100 valence electrons. The van der Waals surface area contributed by atoms with Gasteiger partial charge in [0.1, 0.15) is 5.52 Å². The van der Waals surface area contributed by atoms with E-state index in [2.05, 4.69) is 20.6 Å². The van der Waals surface area contributed by atoms with E-state index in [1.54, 1.807) is 17.1 Å². The lowest BCUT2D eigenvalue weighted by molar-refractivity contribution is -0.119. The van der Waals surface area contributed by atoms with E-state index in [9.17, 15) is 4.79 Å². The number of rotatable bonds is 3. The van der Waals surface area contributed by atoms with E-state index in [-0.39, 0.29) is 5.91 Å². The van der Waals surface area contributed by atoms with Crippen molar-refractivity contribution in [1.29, 1.82) is 0 Å². The van der Waals surface area contributed by atoms with Crippen LogP contribution in [-0.2, 0) is 4.79 Å². The lowest BCUT2D eigenvalue weighted by Crippen LogP contribution is -2.32. The lowest BCUT2D eigenvalue weighted by atomic mass is 10.2. The van der Waals surface area contributed by atoms with Crippen molar-refractivity contribution >= 4 is 16.9 Å². The number of carbonyl (C=O) groups excluding carboxylic acids is 1. The second-order valence-electron chi connectivity index (χ2n) is 4.41. The molecular formula is C14H13N5O. The van der Waals surface area contributed by atoms with Crippen LogP contribution in [0.25, 0.3) is 11.0 Å². The summed E-state index contributed by atoms with van der Waals surface area (Å²) in [5, 5.41) is 11.1. The molecule has 0 saturated carbocycles. The zero-order valence-corrected chi connectivity index (χ0v) is 10.9. The van der Waals surface area contributed by atoms with Crippen LogP contribution in [0.3, 0.4) is 0 Å². The fraction of sp³-hybridized carbons (Fsp3) is 0.143. The summed E-state index contributed by atoms with van der Waals surface area (Å²) in [4.78, 5) is 15.6. The van der Waals surface area contributed by atoms with Gasteiger partial charge in [-0.15, -0.1) is 5.10 Å². The van der Waals surface area contributed by atoms with Crippen LogP contribution in [0, 0.1) is 0 Å². The highest BCUT2D eigenvalue weighted by atomic mass is 16.1. The number of carbonyl (C=O) groups is 1. The summed E-state index contributed by atoms with van der Waals surface area (Å²) < 4.78 is 1.69. The Kier molecular flexibility index (Phi) is 3.12. The Morgan fingerprint density at radius 2 is 2.10 bits per heavy atom. The number of aromatic nitrogens is 4. The number of nitrogens with one attached hydrogen (secondary N) is 1. The molecule has 6 nitrogen and oxygen atoms in total. The van der Waals surface area contributed by atoms with Gasteiger partial charge in [-0.05, 0) is 18.2 Å². The first-order valence-corrected chi connectivity index (χ1v) is 6.22. The number of hydrogen-bond donors (Lipinski definition) is 1. The van der Waals surface area contributed by atoms with E-state index in [0.717, 1.165) is 16.6 Å². The third-order valence-electron chi connectivity index (χ3n) is 2.96. The van der Waals surface area contributed by atoms with Gasteiger partial charge in [-0.3, -0.25) is 9.78 Å². The minimum atomic E-state index is -0.423. The number of fused-ring (bicyclic) bond motifs is 1. The van der Waals surface area contributed by atoms with Gasteiger partial charge < -0.3 is 5.32 Å². The minimum Gasteiger partial charge on any atom is -0.331 e. The van der Waals surface area contributed by atoms with Gasteiger partial charge in [0.05, 0.1) is 5.52 Å². The number of para-hydroxylation sites is 1. The Morgan fingerprint density at radius 1 is 1.25 bits per heavy atom. The molecule has 0 aliphatic carbocycles. The number of nitrogens with zero attached hydrogens (tertiary/aromatic N) is 4. The monoisotopic (exact) mass is 267 g/mol. The third kappa shape index (κ3) is 2.23. The maximum Gasteiger partial charge on any atom is 0.218 e. The van der Waals surface area contributed by atoms with Crippen molar-refractivity contribution < 1.29 is 4.79 Å². The van der Waals surface area contributed by atoms with Crippen molar-refractivity contribution in [3.05, 3.63) is 54.4 Å². The summed E-state index contributed by atoms with van der Waals surface area (Å²) in [6.45, 7) is 1.47. The number of pyridine rings is 1. The molecule has 0 bridgehead atoms. The van der Waals surface area contributed by atoms with E-state index in [4.69, 9.17) is 0 Å². The fourth-order valence-electron chi connectivity index (χ4n) is 2.09. The van der Waals surface area contributed by atoms with Gasteiger partial charge in [0.2, 0.25) is 5.91 Å². The summed E-state index contributed by atoms with van der Waals surface area (Å²) >= 11 is 0. The molecule has 1 N–H and O–H groups in total. The molecule has 1 amide bonds. The van der Waals surface area contributed by atoms with E-state index < -0.39 is 6.17 Å². The molecule has 0 spiro atoms. The van der Waals surface area contributed by atoms with Crippen molar-refractivity contribution in [1.82, 2.24) is 25.3 Å². The summed E-state index contributed by atoms with van der Waals surface area (Å²) in [6.07, 6.45) is 2.97. The van der Waals surface area contributed by atoms with Gasteiger partial charge in [0.25, 0.3) is 0 Å². The van der Waals surface area contributed by atoms with Crippen LogP contribution < -0.4 is 5.32 Å². The first kappa shape index (κ1) is 12.3. The Balaban J connectivity index is 2.12. The smallest absolute Gasteiger partial charge is 0.218 e. The highest BCUT2D eigenvalue weighted by Gasteiger charge is 2.18. The molecule has 0 aliphatic heterocycles. The average Bonchev–Trinajstić information content (AvgIpc) is 2.89. The SMILES string of the molecule is CC(=O)NC(c1cccnc1)n1nnc2ccccc21. The molecule has 3 rings (SSSR count). The van der Waals surface area contributed by atoms with Crippen LogP contribution in [-0.4, -0.2) is 25.9 Å². The standard InChI is InChI=1S/C14H13N5O/c1-10(20)16-14(11-5-4-8-15-9-11)19-13-7-3-2-6-12(13)17-18-19/h2-9,14H,1H3,(H,16,20). The highest BCUT2D eigenvalue weighted by molar-refractivity contribution is 5.76. The molecule has 0 fully saturated rings. The Bertz CT molecular complexity index is 737. The zero-order valence-electron chi connectivity index (χ0n) is 10.9. The topological polar surface area (TPSA) is 72.7 Å². The molecule has 3 aromatic rings. The average molecular weight is 267 g/mol. The van der Waals surface area contributed by atoms with E-state index in [0.29, 0.717) is 0 Å². The van der Waals surface area contributed by atoms with Gasteiger partial charge in [-0.2, -0.15) is 0 Å². The Morgan fingerprint density at radius 3 is 2.85 bits per heavy atom. The number of benzene rings is 1. The summed E-state index contributed by atoms with van der Waals surface area (Å²) in [5.74, 6) is -0.140. The molecule has 2 aromatic heterocycles. The summed E-state index contributed by atoms with van der Waals surface area (Å²) in [7, 11) is 0. The Hall–Kier alpha value is -2.76. The van der Waals surface area contributed by atoms with Crippen LogP contribution in [0.4, 0.5) is 0 Å². The Labute approximate surface area is 115 Å². The van der Waals surface area contributed by atoms with Crippen LogP contribution in [0.2, 0.25) is 0 Å². The first-order chi connectivity index (χ1) is 9.75. The normalized spacial score (nSPS) is 12.2. The van der Waals surface area contributed by atoms with Crippen molar-refractivity contribution in [3.63, 3.8) is 0 Å². The molecule has 0 saturated heterocycles. The van der Waals surface area contributed by atoms with Crippen molar-refractivity contribution in [2.45, 2.75) is 13.1 Å². The molecule has 1 unspecified atom stereocenters. The molecular weight excluding hydrogens is 254 g/mol. The van der Waals surface area contributed by atoms with Crippen LogP contribution in [0.5, 0.6) is 0 Å². The second kappa shape index (κ2) is 5.08. The predicted molar refractivity (Wildman–Crippen MR) is 73.7 cm³/mol. The van der Waals surface area contributed by atoms with E-state index >= 15 is 0 Å². The van der Waals surface area contributed by atoms with Gasteiger partial charge in [-0.25, -0.2) is 4.68 Å². The van der Waals surface area contributed by atoms with Crippen molar-refractivity contribution in [2.75, 3.05) is 0 Å². The zero-order chi connectivity index (χ0) is 13.9. The fourth-order valence-corrected chi connectivity index (χ4v) is 2.09. The molecule has 1 aromatic carbocycles. The molecule has 20 heavy (non-hydrogen) atoms. The van der Waals surface area contributed by atoms with Crippen LogP contribution in [0.1, 0.15) is 18.7 Å².